The molecule has 1 saturated heterocycles. The molecule has 3 heteroatoms. The van der Waals surface area contributed by atoms with E-state index in [4.69, 9.17) is 0 Å². The number of piperazine rings is 1. The van der Waals surface area contributed by atoms with Crippen molar-refractivity contribution in [3.63, 3.8) is 0 Å². The Balaban J connectivity index is 1.76. The lowest BCUT2D eigenvalue weighted by Gasteiger charge is -2.32. The van der Waals surface area contributed by atoms with Gasteiger partial charge in [-0.3, -0.25) is 9.69 Å². The van der Waals surface area contributed by atoms with Gasteiger partial charge in [-0.1, -0.05) is 12.8 Å². The minimum absolute atomic E-state index is 0.394. The van der Waals surface area contributed by atoms with Gasteiger partial charge in [0.15, 0.2) is 0 Å². The topological polar surface area (TPSA) is 32.3 Å². The monoisotopic (exact) mass is 224 g/mol. The largest absolute Gasteiger partial charge is 0.314 e. The van der Waals surface area contributed by atoms with Gasteiger partial charge in [-0.2, -0.15) is 0 Å². The van der Waals surface area contributed by atoms with Crippen LogP contribution in [0.4, 0.5) is 0 Å². The van der Waals surface area contributed by atoms with Crippen molar-refractivity contribution in [3.05, 3.63) is 0 Å². The molecule has 2 fully saturated rings. The Kier molecular flexibility index (Phi) is 4.36. The molecule has 0 spiro atoms. The molecule has 0 radical (unpaired) electrons. The average Bonchev–Trinajstić information content (AvgIpc) is 2.83. The summed E-state index contributed by atoms with van der Waals surface area (Å²) in [7, 11) is 0. The summed E-state index contributed by atoms with van der Waals surface area (Å²) in [6, 6.07) is 0.440. The van der Waals surface area contributed by atoms with E-state index >= 15 is 0 Å². The molecule has 0 bridgehead atoms. The molecule has 0 aromatic heterocycles. The fraction of sp³-hybridized carbons (Fsp3) is 0.923. The maximum atomic E-state index is 12.1. The van der Waals surface area contributed by atoms with E-state index in [-0.39, 0.29) is 0 Å². The lowest BCUT2D eigenvalue weighted by molar-refractivity contribution is -0.123. The molecule has 1 saturated carbocycles. The highest BCUT2D eigenvalue weighted by Crippen LogP contribution is 2.27. The first-order valence-corrected chi connectivity index (χ1v) is 6.75. The van der Waals surface area contributed by atoms with Crippen LogP contribution in [0, 0.1) is 5.92 Å². The zero-order valence-electron chi connectivity index (χ0n) is 10.4. The normalized spacial score (nSPS) is 25.8. The van der Waals surface area contributed by atoms with Crippen LogP contribution in [0.5, 0.6) is 0 Å². The molecule has 1 heterocycles. The van der Waals surface area contributed by atoms with E-state index in [2.05, 4.69) is 17.1 Å². The molecular formula is C13H24N2O. The van der Waals surface area contributed by atoms with Gasteiger partial charge in [-0.15, -0.1) is 0 Å². The third-order valence-corrected chi connectivity index (χ3v) is 4.08. The highest BCUT2D eigenvalue weighted by atomic mass is 16.1. The van der Waals surface area contributed by atoms with Crippen molar-refractivity contribution < 1.29 is 4.79 Å². The molecular weight excluding hydrogens is 200 g/mol. The Bertz CT molecular complexity index is 230. The van der Waals surface area contributed by atoms with E-state index in [1.54, 1.807) is 0 Å². The maximum Gasteiger partial charge on any atom is 0.137 e. The minimum atomic E-state index is 0.394. The summed E-state index contributed by atoms with van der Waals surface area (Å²) < 4.78 is 0. The number of carbonyl (C=O) groups excluding carboxylic acids is 1. The number of hydrogen-bond acceptors (Lipinski definition) is 3. The van der Waals surface area contributed by atoms with Crippen LogP contribution in [0.3, 0.4) is 0 Å². The van der Waals surface area contributed by atoms with Crippen molar-refractivity contribution in [1.29, 1.82) is 0 Å². The van der Waals surface area contributed by atoms with Crippen LogP contribution in [0.15, 0.2) is 0 Å². The average molecular weight is 224 g/mol. The molecule has 1 aliphatic heterocycles. The van der Waals surface area contributed by atoms with Crippen molar-refractivity contribution in [1.82, 2.24) is 10.2 Å². The Morgan fingerprint density at radius 1 is 1.31 bits per heavy atom. The van der Waals surface area contributed by atoms with Crippen molar-refractivity contribution in [2.75, 3.05) is 26.2 Å². The summed E-state index contributed by atoms with van der Waals surface area (Å²) in [6.45, 7) is 6.54. The molecule has 0 amide bonds. The summed E-state index contributed by atoms with van der Waals surface area (Å²) in [4.78, 5) is 14.5. The highest BCUT2D eigenvalue weighted by Gasteiger charge is 2.26. The number of rotatable bonds is 4. The van der Waals surface area contributed by atoms with Crippen molar-refractivity contribution in [3.8, 4) is 0 Å². The SMILES string of the molecule is CC(CC(=O)C1CCCC1)N1CCNCC1. The van der Waals surface area contributed by atoms with E-state index in [1.165, 1.54) is 12.8 Å². The first-order chi connectivity index (χ1) is 7.77. The zero-order valence-corrected chi connectivity index (χ0v) is 10.4. The van der Waals surface area contributed by atoms with E-state index in [0.717, 1.165) is 45.4 Å². The van der Waals surface area contributed by atoms with Crippen LogP contribution >= 0.6 is 0 Å². The van der Waals surface area contributed by atoms with Crippen LogP contribution < -0.4 is 5.32 Å². The van der Waals surface area contributed by atoms with Crippen molar-refractivity contribution in [2.45, 2.75) is 45.1 Å². The number of nitrogens with one attached hydrogen (secondary N) is 1. The van der Waals surface area contributed by atoms with Gasteiger partial charge in [-0.25, -0.2) is 0 Å². The highest BCUT2D eigenvalue weighted by molar-refractivity contribution is 5.81. The molecule has 0 aromatic rings. The summed E-state index contributed by atoms with van der Waals surface area (Å²) in [6.07, 6.45) is 5.59. The first kappa shape index (κ1) is 12.1. The second-order valence-electron chi connectivity index (χ2n) is 5.29. The van der Waals surface area contributed by atoms with Crippen molar-refractivity contribution in [2.24, 2.45) is 5.92 Å². The van der Waals surface area contributed by atoms with Gasteiger partial charge >= 0.3 is 0 Å². The van der Waals surface area contributed by atoms with E-state index in [1.807, 2.05) is 0 Å². The summed E-state index contributed by atoms with van der Waals surface area (Å²) >= 11 is 0. The Morgan fingerprint density at radius 3 is 2.56 bits per heavy atom. The molecule has 3 nitrogen and oxygen atoms in total. The lowest BCUT2D eigenvalue weighted by atomic mass is 9.96. The molecule has 0 aromatic carbocycles. The number of hydrogen-bond donors (Lipinski definition) is 1. The van der Waals surface area contributed by atoms with Crippen LogP contribution in [-0.4, -0.2) is 42.9 Å². The first-order valence-electron chi connectivity index (χ1n) is 6.75. The van der Waals surface area contributed by atoms with Crippen LogP contribution in [-0.2, 0) is 4.79 Å². The Morgan fingerprint density at radius 2 is 1.94 bits per heavy atom. The van der Waals surface area contributed by atoms with Crippen molar-refractivity contribution >= 4 is 5.78 Å². The Labute approximate surface area is 98.6 Å². The Hall–Kier alpha value is -0.410. The molecule has 92 valence electrons. The fourth-order valence-corrected chi connectivity index (χ4v) is 2.96. The molecule has 1 unspecified atom stereocenters. The third kappa shape index (κ3) is 3.05. The van der Waals surface area contributed by atoms with Gasteiger partial charge in [0.05, 0.1) is 0 Å². The standard InChI is InChI=1S/C13H24N2O/c1-11(15-8-6-14-7-9-15)10-13(16)12-4-2-3-5-12/h11-12,14H,2-10H2,1H3. The summed E-state index contributed by atoms with van der Waals surface area (Å²) in [5, 5.41) is 3.35. The number of ketones is 1. The van der Waals surface area contributed by atoms with Gasteiger partial charge in [0.2, 0.25) is 0 Å². The van der Waals surface area contributed by atoms with Crippen LogP contribution in [0.2, 0.25) is 0 Å². The fourth-order valence-electron chi connectivity index (χ4n) is 2.96. The molecule has 2 rings (SSSR count). The number of Topliss-reactive ketones (excluding diaryl/α,β-unsaturated/α-hetero) is 1. The predicted molar refractivity (Wildman–Crippen MR) is 65.5 cm³/mol. The molecule has 1 atom stereocenters. The van der Waals surface area contributed by atoms with Gasteiger partial charge in [0.25, 0.3) is 0 Å². The quantitative estimate of drug-likeness (QED) is 0.784. The second kappa shape index (κ2) is 5.78. The number of carbonyl (C=O) groups is 1. The summed E-state index contributed by atoms with van der Waals surface area (Å²) in [5.74, 6) is 0.911. The summed E-state index contributed by atoms with van der Waals surface area (Å²) in [5.41, 5.74) is 0. The molecule has 1 N–H and O–H groups in total. The van der Waals surface area contributed by atoms with Crippen LogP contribution in [0.1, 0.15) is 39.0 Å². The van der Waals surface area contributed by atoms with E-state index in [0.29, 0.717) is 17.7 Å². The molecule has 16 heavy (non-hydrogen) atoms. The smallest absolute Gasteiger partial charge is 0.137 e. The number of nitrogens with zero attached hydrogens (tertiary/aromatic N) is 1. The van der Waals surface area contributed by atoms with Gasteiger partial charge in [0.1, 0.15) is 5.78 Å². The van der Waals surface area contributed by atoms with Gasteiger partial charge in [0, 0.05) is 44.6 Å². The predicted octanol–water partition coefficient (Wildman–Crippen LogP) is 1.43. The van der Waals surface area contributed by atoms with E-state index in [9.17, 15) is 4.79 Å². The van der Waals surface area contributed by atoms with Crippen LogP contribution in [0.25, 0.3) is 0 Å². The molecule has 1 aliphatic carbocycles. The lowest BCUT2D eigenvalue weighted by Crippen LogP contribution is -2.48. The second-order valence-corrected chi connectivity index (χ2v) is 5.29. The van der Waals surface area contributed by atoms with E-state index < -0.39 is 0 Å². The molecule has 2 aliphatic rings. The maximum absolute atomic E-state index is 12.1. The van der Waals surface area contributed by atoms with Gasteiger partial charge in [-0.05, 0) is 19.8 Å². The third-order valence-electron chi connectivity index (χ3n) is 4.08. The zero-order chi connectivity index (χ0) is 11.4. The van der Waals surface area contributed by atoms with Gasteiger partial charge < -0.3 is 5.32 Å². The minimum Gasteiger partial charge on any atom is -0.314 e.